The first-order valence-electron chi connectivity index (χ1n) is 5.67. The van der Waals surface area contributed by atoms with Crippen LogP contribution in [-0.2, 0) is 0 Å². The van der Waals surface area contributed by atoms with Crippen molar-refractivity contribution in [2.75, 3.05) is 0 Å². The largest absolute Gasteiger partial charge is 0.344 e. The van der Waals surface area contributed by atoms with E-state index in [2.05, 4.69) is 30.9 Å². The Labute approximate surface area is 115 Å². The lowest BCUT2D eigenvalue weighted by Gasteiger charge is -2.01. The molecular weight excluding hydrogens is 310 g/mol. The highest BCUT2D eigenvalue weighted by Gasteiger charge is 2.14. The van der Waals surface area contributed by atoms with Gasteiger partial charge in [-0.1, -0.05) is 28.1 Å². The van der Waals surface area contributed by atoms with Gasteiger partial charge in [0.25, 0.3) is 5.56 Å². The number of hydrogen-bond donors (Lipinski definition) is 3. The molecule has 3 aromatic rings. The molecule has 0 bridgehead atoms. The lowest BCUT2D eigenvalue weighted by Crippen LogP contribution is -2.21. The summed E-state index contributed by atoms with van der Waals surface area (Å²) in [6.45, 7) is 1.87. The van der Waals surface area contributed by atoms with Crippen LogP contribution >= 0.6 is 15.9 Å². The van der Waals surface area contributed by atoms with E-state index >= 15 is 0 Å². The molecule has 96 valence electrons. The van der Waals surface area contributed by atoms with Crippen molar-refractivity contribution in [3.63, 3.8) is 0 Å². The van der Waals surface area contributed by atoms with Crippen LogP contribution in [0.4, 0.5) is 0 Å². The summed E-state index contributed by atoms with van der Waals surface area (Å²) in [4.78, 5) is 31.1. The summed E-state index contributed by atoms with van der Waals surface area (Å²) in [5.74, 6) is 0. The van der Waals surface area contributed by atoms with Crippen LogP contribution in [0.5, 0.6) is 0 Å². The molecular formula is C13H10BrN3O2. The van der Waals surface area contributed by atoms with E-state index < -0.39 is 5.69 Å². The number of fused-ring (bicyclic) bond motifs is 1. The van der Waals surface area contributed by atoms with Crippen LogP contribution in [0, 0.1) is 6.92 Å². The molecule has 3 N–H and O–H groups in total. The second kappa shape index (κ2) is 4.24. The zero-order valence-electron chi connectivity index (χ0n) is 10.0. The van der Waals surface area contributed by atoms with Crippen LogP contribution in [0.15, 0.2) is 38.3 Å². The van der Waals surface area contributed by atoms with Crippen molar-refractivity contribution in [1.82, 2.24) is 15.0 Å². The van der Waals surface area contributed by atoms with Crippen LogP contribution in [-0.4, -0.2) is 15.0 Å². The molecule has 0 saturated carbocycles. The zero-order valence-corrected chi connectivity index (χ0v) is 11.6. The molecule has 1 aromatic carbocycles. The molecule has 2 aromatic heterocycles. The predicted molar refractivity (Wildman–Crippen MR) is 77.4 cm³/mol. The fraction of sp³-hybridized carbons (Fsp3) is 0.0769. The third-order valence-electron chi connectivity index (χ3n) is 3.01. The van der Waals surface area contributed by atoms with Gasteiger partial charge in [0.1, 0.15) is 5.65 Å². The van der Waals surface area contributed by atoms with E-state index in [1.54, 1.807) is 0 Å². The molecule has 6 heteroatoms. The molecule has 5 nitrogen and oxygen atoms in total. The number of rotatable bonds is 1. The highest BCUT2D eigenvalue weighted by atomic mass is 79.9. The van der Waals surface area contributed by atoms with Gasteiger partial charge in [-0.3, -0.25) is 14.8 Å². The fourth-order valence-electron chi connectivity index (χ4n) is 2.23. The molecule has 2 heterocycles. The summed E-state index contributed by atoms with van der Waals surface area (Å²) in [5.41, 5.74) is 2.11. The van der Waals surface area contributed by atoms with Gasteiger partial charge in [-0.15, -0.1) is 0 Å². The summed E-state index contributed by atoms with van der Waals surface area (Å²) in [6.07, 6.45) is 0. The minimum Gasteiger partial charge on any atom is -0.344 e. The molecule has 0 aliphatic carbocycles. The van der Waals surface area contributed by atoms with Crippen LogP contribution < -0.4 is 11.2 Å². The molecule has 0 aliphatic heterocycles. The van der Waals surface area contributed by atoms with Crippen molar-refractivity contribution >= 4 is 27.0 Å². The third kappa shape index (κ3) is 1.94. The molecule has 19 heavy (non-hydrogen) atoms. The van der Waals surface area contributed by atoms with Crippen LogP contribution in [0.3, 0.4) is 0 Å². The summed E-state index contributed by atoms with van der Waals surface area (Å²) in [6, 6.07) is 7.66. The summed E-state index contributed by atoms with van der Waals surface area (Å²) in [7, 11) is 0. The van der Waals surface area contributed by atoms with Crippen LogP contribution in [0.2, 0.25) is 0 Å². The number of aryl methyl sites for hydroxylation is 1. The predicted octanol–water partition coefficient (Wildman–Crippen LogP) is 2.28. The number of benzene rings is 1. The summed E-state index contributed by atoms with van der Waals surface area (Å²) >= 11 is 3.38. The zero-order chi connectivity index (χ0) is 13.6. The Bertz CT molecular complexity index is 872. The van der Waals surface area contributed by atoms with E-state index in [0.717, 1.165) is 21.3 Å². The van der Waals surface area contributed by atoms with E-state index in [0.29, 0.717) is 11.0 Å². The first-order valence-corrected chi connectivity index (χ1v) is 6.46. The Morgan fingerprint density at radius 2 is 1.68 bits per heavy atom. The maximum absolute atomic E-state index is 12.0. The fourth-order valence-corrected chi connectivity index (χ4v) is 2.50. The van der Waals surface area contributed by atoms with Crippen molar-refractivity contribution in [3.05, 3.63) is 55.3 Å². The Hall–Kier alpha value is -2.08. The van der Waals surface area contributed by atoms with Crippen molar-refractivity contribution in [1.29, 1.82) is 0 Å². The van der Waals surface area contributed by atoms with E-state index in [9.17, 15) is 9.59 Å². The van der Waals surface area contributed by atoms with Gasteiger partial charge in [0.2, 0.25) is 0 Å². The maximum atomic E-state index is 12.0. The Kier molecular flexibility index (Phi) is 2.67. The highest BCUT2D eigenvalue weighted by Crippen LogP contribution is 2.29. The minimum atomic E-state index is -0.513. The van der Waals surface area contributed by atoms with Gasteiger partial charge in [-0.05, 0) is 24.6 Å². The summed E-state index contributed by atoms with van der Waals surface area (Å²) < 4.78 is 0.969. The molecule has 3 rings (SSSR count). The average Bonchev–Trinajstić information content (AvgIpc) is 2.66. The first-order chi connectivity index (χ1) is 9.06. The summed E-state index contributed by atoms with van der Waals surface area (Å²) in [5, 5.41) is 0.472. The molecule has 0 aliphatic rings. The molecule has 0 atom stereocenters. The normalized spacial score (nSPS) is 11.1. The molecule has 0 saturated heterocycles. The van der Waals surface area contributed by atoms with Gasteiger partial charge >= 0.3 is 5.69 Å². The Morgan fingerprint density at radius 1 is 1.00 bits per heavy atom. The monoisotopic (exact) mass is 319 g/mol. The van der Waals surface area contributed by atoms with Crippen LogP contribution in [0.1, 0.15) is 5.69 Å². The number of hydrogen-bond acceptors (Lipinski definition) is 2. The molecule has 0 amide bonds. The molecule has 0 radical (unpaired) electrons. The SMILES string of the molecule is Cc1[nH]c2[nH]c(=O)[nH]c(=O)c2c1-c1ccc(Br)cc1. The van der Waals surface area contributed by atoms with Gasteiger partial charge in [-0.25, -0.2) is 4.79 Å². The van der Waals surface area contributed by atoms with Gasteiger partial charge in [0.15, 0.2) is 0 Å². The van der Waals surface area contributed by atoms with Gasteiger partial charge < -0.3 is 4.98 Å². The maximum Gasteiger partial charge on any atom is 0.327 e. The number of aromatic amines is 3. The van der Waals surface area contributed by atoms with E-state index in [4.69, 9.17) is 0 Å². The van der Waals surface area contributed by atoms with Crippen molar-refractivity contribution in [2.45, 2.75) is 6.92 Å². The highest BCUT2D eigenvalue weighted by molar-refractivity contribution is 9.10. The van der Waals surface area contributed by atoms with Gasteiger partial charge in [0.05, 0.1) is 5.39 Å². The number of nitrogens with one attached hydrogen (secondary N) is 3. The quantitative estimate of drug-likeness (QED) is 0.643. The van der Waals surface area contributed by atoms with Crippen molar-refractivity contribution < 1.29 is 0 Å². The van der Waals surface area contributed by atoms with E-state index in [1.807, 2.05) is 31.2 Å². The third-order valence-corrected chi connectivity index (χ3v) is 3.54. The topological polar surface area (TPSA) is 81.5 Å². The number of aromatic nitrogens is 3. The Morgan fingerprint density at radius 3 is 2.37 bits per heavy atom. The first kappa shape index (κ1) is 12.0. The number of halogens is 1. The smallest absolute Gasteiger partial charge is 0.327 e. The van der Waals surface area contributed by atoms with E-state index in [1.165, 1.54) is 0 Å². The number of H-pyrrole nitrogens is 3. The van der Waals surface area contributed by atoms with Crippen LogP contribution in [0.25, 0.3) is 22.2 Å². The van der Waals surface area contributed by atoms with Crippen molar-refractivity contribution in [2.24, 2.45) is 0 Å². The lowest BCUT2D eigenvalue weighted by atomic mass is 10.0. The second-order valence-electron chi connectivity index (χ2n) is 4.29. The lowest BCUT2D eigenvalue weighted by molar-refractivity contribution is 1.07. The van der Waals surface area contributed by atoms with E-state index in [-0.39, 0.29) is 5.56 Å². The standard InChI is InChI=1S/C13H10BrN3O2/c1-6-9(7-2-4-8(14)5-3-7)10-11(15-6)16-13(19)17-12(10)18/h2-5H,1H3,(H3,15,16,17,18,19). The van der Waals surface area contributed by atoms with Crippen molar-refractivity contribution in [3.8, 4) is 11.1 Å². The molecule has 0 fully saturated rings. The average molecular weight is 320 g/mol. The molecule has 0 unspecified atom stereocenters. The molecule has 0 spiro atoms. The minimum absolute atomic E-state index is 0.388. The second-order valence-corrected chi connectivity index (χ2v) is 5.21. The van der Waals surface area contributed by atoms with Gasteiger partial charge in [0, 0.05) is 15.7 Å². The Balaban J connectivity index is 2.41. The van der Waals surface area contributed by atoms with Gasteiger partial charge in [-0.2, -0.15) is 0 Å².